The van der Waals surface area contributed by atoms with Crippen LogP contribution in [0.2, 0.25) is 0 Å². The summed E-state index contributed by atoms with van der Waals surface area (Å²) in [6, 6.07) is 2.68. The van der Waals surface area contributed by atoms with Crippen molar-refractivity contribution in [3.8, 4) is 0 Å². The van der Waals surface area contributed by atoms with Crippen LogP contribution in [0.25, 0.3) is 0 Å². The summed E-state index contributed by atoms with van der Waals surface area (Å²) in [4.78, 5) is 14.5. The normalized spacial score (nSPS) is 23.6. The first-order chi connectivity index (χ1) is 16.6. The van der Waals surface area contributed by atoms with Gasteiger partial charge in [-0.15, -0.1) is 0 Å². The number of halogens is 4. The van der Waals surface area contributed by atoms with Gasteiger partial charge < -0.3 is 20.7 Å². The molecule has 1 saturated heterocycles. The lowest BCUT2D eigenvalue weighted by atomic mass is 9.83. The maximum Gasteiger partial charge on any atom is 0.416 e. The highest BCUT2D eigenvalue weighted by Crippen LogP contribution is 2.34. The number of rotatable bonds is 9. The first kappa shape index (κ1) is 27.3. The number of alkyl halides is 3. The lowest BCUT2D eigenvalue weighted by Crippen LogP contribution is -2.37. The van der Waals surface area contributed by atoms with E-state index in [9.17, 15) is 27.5 Å². The van der Waals surface area contributed by atoms with Crippen molar-refractivity contribution in [1.82, 2.24) is 10.2 Å². The number of aliphatic hydroxyl groups is 1. The molecule has 0 bridgehead atoms. The minimum atomic E-state index is -4.57. The molecule has 0 spiro atoms. The minimum absolute atomic E-state index is 0.0499. The molecule has 1 amide bonds. The van der Waals surface area contributed by atoms with E-state index in [1.807, 2.05) is 4.90 Å². The van der Waals surface area contributed by atoms with Crippen LogP contribution >= 0.6 is 0 Å². The molecule has 1 heterocycles. The molecule has 1 aromatic rings. The fourth-order valence-electron chi connectivity index (χ4n) is 4.90. The zero-order valence-electron chi connectivity index (χ0n) is 20.1. The van der Waals surface area contributed by atoms with Crippen molar-refractivity contribution in [2.24, 2.45) is 5.92 Å². The van der Waals surface area contributed by atoms with Gasteiger partial charge in [0.15, 0.2) is 0 Å². The van der Waals surface area contributed by atoms with Gasteiger partial charge in [0.25, 0.3) is 0 Å². The monoisotopic (exact) mass is 497 g/mol. The maximum atomic E-state index is 14.3. The Morgan fingerprint density at radius 1 is 1.34 bits per heavy atom. The summed E-state index contributed by atoms with van der Waals surface area (Å²) in [7, 11) is 0. The summed E-state index contributed by atoms with van der Waals surface area (Å²) in [5.41, 5.74) is 0.866. The zero-order chi connectivity index (χ0) is 25.6. The van der Waals surface area contributed by atoms with E-state index in [2.05, 4.69) is 18.3 Å². The Morgan fingerprint density at radius 3 is 2.80 bits per heavy atom. The Bertz CT molecular complexity index is 932. The van der Waals surface area contributed by atoms with E-state index >= 15 is 0 Å². The number of likely N-dealkylation sites (tertiary alicyclic amines) is 1. The number of aliphatic hydroxyl groups excluding tert-OH is 1. The fourth-order valence-corrected chi connectivity index (χ4v) is 4.90. The molecule has 3 atom stereocenters. The standard InChI is InChI=1S/C26H35F4N3O2/c1-2-3-4-17-13-18(5-8-24(17)31)25(35)32-11-9-21(34)16-33-12-10-19(15-33)22-7-6-20(14-23(22)27)26(28,29)30/h4,6-7,14,18-19,21,31,34H,2-3,5,8-13,15-16H2,1H3,(H,32,35)/b17-4-,31-24?. The molecule has 5 nitrogen and oxygen atoms in total. The summed E-state index contributed by atoms with van der Waals surface area (Å²) in [5, 5.41) is 21.4. The lowest BCUT2D eigenvalue weighted by Gasteiger charge is -2.25. The Morgan fingerprint density at radius 2 is 2.11 bits per heavy atom. The predicted molar refractivity (Wildman–Crippen MR) is 127 cm³/mol. The summed E-state index contributed by atoms with van der Waals surface area (Å²) >= 11 is 0. The van der Waals surface area contributed by atoms with Gasteiger partial charge in [0.1, 0.15) is 5.82 Å². The van der Waals surface area contributed by atoms with E-state index in [1.54, 1.807) is 0 Å². The predicted octanol–water partition coefficient (Wildman–Crippen LogP) is 5.05. The summed E-state index contributed by atoms with van der Waals surface area (Å²) in [6.07, 6.45) is 1.55. The zero-order valence-corrected chi connectivity index (χ0v) is 20.1. The number of carbonyl (C=O) groups excluding carboxylic acids is 1. The van der Waals surface area contributed by atoms with Crippen LogP contribution in [-0.2, 0) is 11.0 Å². The van der Waals surface area contributed by atoms with Crippen molar-refractivity contribution >= 4 is 11.6 Å². The highest BCUT2D eigenvalue weighted by Gasteiger charge is 2.33. The average molecular weight is 498 g/mol. The third kappa shape index (κ3) is 7.61. The van der Waals surface area contributed by atoms with E-state index in [-0.39, 0.29) is 23.3 Å². The molecular formula is C26H35F4N3O2. The third-order valence-corrected chi connectivity index (χ3v) is 6.93. The van der Waals surface area contributed by atoms with Gasteiger partial charge in [0.05, 0.1) is 11.7 Å². The van der Waals surface area contributed by atoms with Crippen molar-refractivity contribution in [3.63, 3.8) is 0 Å². The number of unbranched alkanes of at least 4 members (excludes halogenated alkanes) is 1. The van der Waals surface area contributed by atoms with Crippen molar-refractivity contribution in [2.45, 2.75) is 70.1 Å². The van der Waals surface area contributed by atoms with Crippen LogP contribution < -0.4 is 5.32 Å². The number of hydrogen-bond donors (Lipinski definition) is 3. The molecule has 3 unspecified atom stereocenters. The highest BCUT2D eigenvalue weighted by molar-refractivity contribution is 5.99. The second-order valence-corrected chi connectivity index (χ2v) is 9.65. The van der Waals surface area contributed by atoms with E-state index in [0.717, 1.165) is 24.5 Å². The van der Waals surface area contributed by atoms with Crippen LogP contribution in [0.5, 0.6) is 0 Å². The Labute approximate surface area is 204 Å². The molecule has 3 N–H and O–H groups in total. The summed E-state index contributed by atoms with van der Waals surface area (Å²) in [6.45, 7) is 3.86. The van der Waals surface area contributed by atoms with Gasteiger partial charge in [0, 0.05) is 37.2 Å². The van der Waals surface area contributed by atoms with Crippen molar-refractivity contribution in [3.05, 3.63) is 46.8 Å². The number of β-amino-alcohol motifs (C(OH)–C–C–N with tert-alkyl or cyclic N) is 1. The maximum absolute atomic E-state index is 14.3. The molecule has 1 saturated carbocycles. The van der Waals surface area contributed by atoms with Crippen LogP contribution in [0.3, 0.4) is 0 Å². The summed E-state index contributed by atoms with van der Waals surface area (Å²) < 4.78 is 52.6. The van der Waals surface area contributed by atoms with Gasteiger partial charge in [-0.2, -0.15) is 13.2 Å². The third-order valence-electron chi connectivity index (χ3n) is 6.93. The molecule has 1 aliphatic carbocycles. The minimum Gasteiger partial charge on any atom is -0.392 e. The average Bonchev–Trinajstić information content (AvgIpc) is 3.25. The molecule has 3 rings (SSSR count). The topological polar surface area (TPSA) is 76.4 Å². The van der Waals surface area contributed by atoms with Gasteiger partial charge in [-0.05, 0) is 68.3 Å². The number of benzene rings is 1. The SMILES string of the molecule is CCC/C=C1/CC(C(=O)NCCC(O)CN2CCC(c3ccc(C(F)(F)F)cc3F)C2)CCC1=N. The highest BCUT2D eigenvalue weighted by atomic mass is 19.4. The number of amides is 1. The largest absolute Gasteiger partial charge is 0.416 e. The number of nitrogens with zero attached hydrogens (tertiary/aromatic N) is 1. The summed E-state index contributed by atoms with van der Waals surface area (Å²) in [5.74, 6) is -1.27. The second-order valence-electron chi connectivity index (χ2n) is 9.65. The number of allylic oxidation sites excluding steroid dienone is 2. The lowest BCUT2D eigenvalue weighted by molar-refractivity contribution is -0.137. The van der Waals surface area contributed by atoms with Gasteiger partial charge in [-0.1, -0.05) is 25.5 Å². The van der Waals surface area contributed by atoms with Gasteiger partial charge in [0.2, 0.25) is 5.91 Å². The van der Waals surface area contributed by atoms with Crippen LogP contribution in [-0.4, -0.2) is 53.9 Å². The quantitative estimate of drug-likeness (QED) is 0.418. The molecule has 9 heteroatoms. The molecule has 2 fully saturated rings. The Kier molecular flexibility index (Phi) is 9.47. The van der Waals surface area contributed by atoms with Crippen LogP contribution in [0.4, 0.5) is 17.6 Å². The van der Waals surface area contributed by atoms with Crippen molar-refractivity contribution in [1.29, 1.82) is 5.41 Å². The molecule has 1 aliphatic heterocycles. The van der Waals surface area contributed by atoms with Crippen LogP contribution in [0.15, 0.2) is 29.8 Å². The van der Waals surface area contributed by atoms with E-state index in [0.29, 0.717) is 70.1 Å². The number of nitrogens with one attached hydrogen (secondary N) is 2. The first-order valence-electron chi connectivity index (χ1n) is 12.4. The van der Waals surface area contributed by atoms with Crippen LogP contribution in [0, 0.1) is 17.1 Å². The molecular weight excluding hydrogens is 462 g/mol. The van der Waals surface area contributed by atoms with Crippen LogP contribution in [0.1, 0.15) is 68.9 Å². The molecule has 35 heavy (non-hydrogen) atoms. The van der Waals surface area contributed by atoms with Gasteiger partial charge >= 0.3 is 6.18 Å². The smallest absolute Gasteiger partial charge is 0.392 e. The molecule has 1 aromatic carbocycles. The number of hydrogen-bond acceptors (Lipinski definition) is 4. The molecule has 0 aromatic heterocycles. The second kappa shape index (κ2) is 12.1. The first-order valence-corrected chi connectivity index (χ1v) is 12.4. The fraction of sp³-hybridized carbons (Fsp3) is 0.615. The molecule has 0 radical (unpaired) electrons. The van der Waals surface area contributed by atoms with Gasteiger partial charge in [-0.3, -0.25) is 4.79 Å². The van der Waals surface area contributed by atoms with Gasteiger partial charge in [-0.25, -0.2) is 4.39 Å². The van der Waals surface area contributed by atoms with E-state index in [4.69, 9.17) is 5.41 Å². The van der Waals surface area contributed by atoms with E-state index < -0.39 is 23.7 Å². The van der Waals surface area contributed by atoms with Crippen molar-refractivity contribution < 1.29 is 27.5 Å². The van der Waals surface area contributed by atoms with Crippen molar-refractivity contribution in [2.75, 3.05) is 26.2 Å². The molecule has 2 aliphatic rings. The Balaban J connectivity index is 1.41. The number of carbonyl (C=O) groups is 1. The van der Waals surface area contributed by atoms with E-state index in [1.165, 1.54) is 6.07 Å². The Hall–Kier alpha value is -2.26. The molecule has 194 valence electrons.